The number of anilines is 1. The van der Waals surface area contributed by atoms with E-state index in [0.29, 0.717) is 23.5 Å². The first-order chi connectivity index (χ1) is 16.0. The normalized spacial score (nSPS) is 15.4. The van der Waals surface area contributed by atoms with Gasteiger partial charge in [-0.2, -0.15) is 11.8 Å². The van der Waals surface area contributed by atoms with Gasteiger partial charge < -0.3 is 10.1 Å². The second-order valence-electron chi connectivity index (χ2n) is 7.68. The predicted molar refractivity (Wildman–Crippen MR) is 133 cm³/mol. The van der Waals surface area contributed by atoms with Crippen LogP contribution in [0.4, 0.5) is 5.69 Å². The third-order valence-electron chi connectivity index (χ3n) is 5.21. The molecule has 1 unspecified atom stereocenters. The number of para-hydroxylation sites is 2. The van der Waals surface area contributed by atoms with Crippen LogP contribution >= 0.6 is 11.8 Å². The van der Waals surface area contributed by atoms with Crippen molar-refractivity contribution in [3.63, 3.8) is 0 Å². The zero-order valence-electron chi connectivity index (χ0n) is 18.1. The summed E-state index contributed by atoms with van der Waals surface area (Å²) in [4.78, 5) is 12.8. The molecular formula is C25H26N2O4S2. The first kappa shape index (κ1) is 23.2. The Kier molecular flexibility index (Phi) is 7.57. The number of carbonyl (C=O) groups is 1. The van der Waals surface area contributed by atoms with E-state index in [2.05, 4.69) is 17.4 Å². The summed E-state index contributed by atoms with van der Waals surface area (Å²) in [5, 5.41) is 2.88. The van der Waals surface area contributed by atoms with Gasteiger partial charge in [0.2, 0.25) is 10.0 Å². The molecule has 3 aromatic rings. The molecule has 0 aromatic heterocycles. The van der Waals surface area contributed by atoms with Crippen LogP contribution in [-0.4, -0.2) is 39.3 Å². The van der Waals surface area contributed by atoms with Gasteiger partial charge >= 0.3 is 0 Å². The molecule has 0 saturated carbocycles. The Morgan fingerprint density at radius 2 is 1.58 bits per heavy atom. The third-order valence-corrected chi connectivity index (χ3v) is 7.96. The van der Waals surface area contributed by atoms with Gasteiger partial charge in [0.15, 0.2) is 6.10 Å². The van der Waals surface area contributed by atoms with Gasteiger partial charge in [0.25, 0.3) is 5.91 Å². The second kappa shape index (κ2) is 10.8. The number of ether oxygens (including phenoxy) is 1. The highest BCUT2D eigenvalue weighted by Crippen LogP contribution is 2.35. The Morgan fingerprint density at radius 3 is 2.30 bits per heavy atom. The van der Waals surface area contributed by atoms with E-state index < -0.39 is 16.1 Å². The van der Waals surface area contributed by atoms with Gasteiger partial charge in [0.1, 0.15) is 5.75 Å². The Labute approximate surface area is 199 Å². The smallest absolute Gasteiger partial charge is 0.263 e. The molecular weight excluding hydrogens is 456 g/mol. The summed E-state index contributed by atoms with van der Waals surface area (Å²) >= 11 is 1.73. The lowest BCUT2D eigenvalue weighted by atomic mass is 10.2. The molecule has 0 fully saturated rings. The zero-order valence-corrected chi connectivity index (χ0v) is 19.7. The van der Waals surface area contributed by atoms with Crippen LogP contribution in [-0.2, 0) is 26.3 Å². The molecule has 0 saturated heterocycles. The number of rotatable bonds is 9. The van der Waals surface area contributed by atoms with Gasteiger partial charge in [-0.3, -0.25) is 9.10 Å². The molecule has 0 spiro atoms. The fourth-order valence-corrected chi connectivity index (χ4v) is 5.99. The Morgan fingerprint density at radius 1 is 0.939 bits per heavy atom. The maximum Gasteiger partial charge on any atom is 0.263 e. The van der Waals surface area contributed by atoms with E-state index in [4.69, 9.17) is 4.74 Å². The van der Waals surface area contributed by atoms with Crippen molar-refractivity contribution in [2.24, 2.45) is 0 Å². The first-order valence-electron chi connectivity index (χ1n) is 10.7. The number of benzene rings is 3. The molecule has 0 bridgehead atoms. The topological polar surface area (TPSA) is 75.7 Å². The maximum absolute atomic E-state index is 13.3. The minimum atomic E-state index is -3.71. The number of carbonyl (C=O) groups excluding carboxylic acids is 1. The van der Waals surface area contributed by atoms with E-state index in [1.54, 1.807) is 48.2 Å². The van der Waals surface area contributed by atoms with Gasteiger partial charge in [-0.15, -0.1) is 0 Å². The number of nitrogens with one attached hydrogen (secondary N) is 1. The van der Waals surface area contributed by atoms with Crippen molar-refractivity contribution in [1.82, 2.24) is 5.32 Å². The Hall–Kier alpha value is -2.97. The van der Waals surface area contributed by atoms with E-state index in [9.17, 15) is 13.2 Å². The van der Waals surface area contributed by atoms with Crippen LogP contribution in [0.25, 0.3) is 0 Å². The molecule has 4 rings (SSSR count). The average molecular weight is 483 g/mol. The summed E-state index contributed by atoms with van der Waals surface area (Å²) in [5.74, 6) is 1.55. The molecule has 8 heteroatoms. The fourth-order valence-electron chi connectivity index (χ4n) is 3.59. The number of hydrogen-bond acceptors (Lipinski definition) is 5. The van der Waals surface area contributed by atoms with Crippen LogP contribution in [0.2, 0.25) is 0 Å². The number of hydrogen-bond donors (Lipinski definition) is 1. The van der Waals surface area contributed by atoms with E-state index in [1.165, 1.54) is 9.87 Å². The summed E-state index contributed by atoms with van der Waals surface area (Å²) in [6.45, 7) is 0.420. The highest BCUT2D eigenvalue weighted by molar-refractivity contribution is 7.98. The van der Waals surface area contributed by atoms with Crippen LogP contribution in [0.3, 0.4) is 0 Å². The minimum Gasteiger partial charge on any atom is -0.476 e. The van der Waals surface area contributed by atoms with Gasteiger partial charge in [-0.25, -0.2) is 8.42 Å². The monoisotopic (exact) mass is 482 g/mol. The van der Waals surface area contributed by atoms with E-state index in [-0.39, 0.29) is 18.2 Å². The van der Waals surface area contributed by atoms with E-state index >= 15 is 0 Å². The second-order valence-corrected chi connectivity index (χ2v) is 10.7. The number of amides is 1. The molecule has 0 aliphatic carbocycles. The van der Waals surface area contributed by atoms with E-state index in [1.807, 2.05) is 36.4 Å². The lowest BCUT2D eigenvalue weighted by molar-refractivity contribution is -0.127. The SMILES string of the molecule is O=C(NCCSCc1ccccc1)C1CN(S(=O)(=O)Cc2ccccc2)c2ccccc2O1. The van der Waals surface area contributed by atoms with Crippen molar-refractivity contribution in [2.45, 2.75) is 17.6 Å². The number of thioether (sulfide) groups is 1. The summed E-state index contributed by atoms with van der Waals surface area (Å²) in [6.07, 6.45) is -0.912. The zero-order chi connectivity index (χ0) is 23.1. The molecule has 3 aromatic carbocycles. The van der Waals surface area contributed by atoms with Gasteiger partial charge in [0.05, 0.1) is 18.0 Å². The molecule has 1 amide bonds. The van der Waals surface area contributed by atoms with Crippen LogP contribution in [0.5, 0.6) is 5.75 Å². The number of sulfonamides is 1. The first-order valence-corrected chi connectivity index (χ1v) is 13.5. The quantitative estimate of drug-likeness (QED) is 0.469. The summed E-state index contributed by atoms with van der Waals surface area (Å²) in [6, 6.07) is 26.1. The molecule has 1 aliphatic rings. The Balaban J connectivity index is 1.38. The summed E-state index contributed by atoms with van der Waals surface area (Å²) in [5.41, 5.74) is 2.38. The molecule has 0 radical (unpaired) electrons. The molecule has 172 valence electrons. The third kappa shape index (κ3) is 6.09. The minimum absolute atomic E-state index is 0.0603. The molecule has 1 N–H and O–H groups in total. The van der Waals surface area contributed by atoms with Crippen molar-refractivity contribution >= 4 is 33.4 Å². The molecule has 1 aliphatic heterocycles. The van der Waals surface area contributed by atoms with Crippen molar-refractivity contribution in [2.75, 3.05) is 23.1 Å². The van der Waals surface area contributed by atoms with Crippen LogP contribution in [0.1, 0.15) is 11.1 Å². The van der Waals surface area contributed by atoms with Crippen molar-refractivity contribution in [3.05, 3.63) is 96.1 Å². The molecule has 1 heterocycles. The number of nitrogens with zero attached hydrogens (tertiary/aromatic N) is 1. The van der Waals surface area contributed by atoms with Crippen molar-refractivity contribution in [1.29, 1.82) is 0 Å². The lowest BCUT2D eigenvalue weighted by Gasteiger charge is -2.34. The maximum atomic E-state index is 13.3. The number of fused-ring (bicyclic) bond motifs is 1. The van der Waals surface area contributed by atoms with Crippen molar-refractivity contribution < 1.29 is 17.9 Å². The van der Waals surface area contributed by atoms with Gasteiger partial charge in [-0.1, -0.05) is 72.8 Å². The largest absolute Gasteiger partial charge is 0.476 e. The van der Waals surface area contributed by atoms with Crippen LogP contribution in [0, 0.1) is 0 Å². The molecule has 1 atom stereocenters. The van der Waals surface area contributed by atoms with Gasteiger partial charge in [0, 0.05) is 18.1 Å². The van der Waals surface area contributed by atoms with Crippen LogP contribution < -0.4 is 14.4 Å². The highest BCUT2D eigenvalue weighted by Gasteiger charge is 2.36. The lowest BCUT2D eigenvalue weighted by Crippen LogP contribution is -2.51. The fraction of sp³-hybridized carbons (Fsp3) is 0.240. The summed E-state index contributed by atoms with van der Waals surface area (Å²) in [7, 11) is -3.71. The standard InChI is InChI=1S/C25H26N2O4S2/c28-25(26-15-16-32-18-20-9-3-1-4-10-20)24-17-27(22-13-7-8-14-23(22)31-24)33(29,30)19-21-11-5-2-6-12-21/h1-14,24H,15-19H2,(H,26,28). The van der Waals surface area contributed by atoms with Crippen LogP contribution in [0.15, 0.2) is 84.9 Å². The van der Waals surface area contributed by atoms with Crippen molar-refractivity contribution in [3.8, 4) is 5.75 Å². The highest BCUT2D eigenvalue weighted by atomic mass is 32.2. The predicted octanol–water partition coefficient (Wildman–Crippen LogP) is 3.83. The Bertz CT molecular complexity index is 1170. The summed E-state index contributed by atoms with van der Waals surface area (Å²) < 4.78 is 33.7. The molecule has 33 heavy (non-hydrogen) atoms. The van der Waals surface area contributed by atoms with E-state index in [0.717, 1.165) is 11.5 Å². The molecule has 6 nitrogen and oxygen atoms in total. The van der Waals surface area contributed by atoms with Gasteiger partial charge in [-0.05, 0) is 23.3 Å². The average Bonchev–Trinajstić information content (AvgIpc) is 2.84.